The van der Waals surface area contributed by atoms with E-state index >= 15 is 0 Å². The number of alkyl halides is 3. The Kier molecular flexibility index (Phi) is 5.99. The predicted octanol–water partition coefficient (Wildman–Crippen LogP) is 4.61. The molecule has 0 unspecified atom stereocenters. The van der Waals surface area contributed by atoms with Crippen molar-refractivity contribution in [3.8, 4) is 0 Å². The Bertz CT molecular complexity index is 891. The van der Waals surface area contributed by atoms with Crippen molar-refractivity contribution in [2.75, 3.05) is 11.4 Å². The first-order valence-electron chi connectivity index (χ1n) is 7.72. The number of hydrogen-bond acceptors (Lipinski definition) is 3. The molecular weight excluding hydrogens is 366 g/mol. The number of rotatable bonds is 6. The summed E-state index contributed by atoms with van der Waals surface area (Å²) >= 11 is 0. The van der Waals surface area contributed by atoms with Gasteiger partial charge in [-0.2, -0.15) is 13.2 Å². The van der Waals surface area contributed by atoms with Gasteiger partial charge in [0.1, 0.15) is 11.6 Å². The highest BCUT2D eigenvalue weighted by Crippen LogP contribution is 2.33. The lowest BCUT2D eigenvalue weighted by Crippen LogP contribution is -2.23. The smallest absolute Gasteiger partial charge is 0.417 e. The van der Waals surface area contributed by atoms with Crippen molar-refractivity contribution in [2.24, 2.45) is 0 Å². The highest BCUT2D eigenvalue weighted by Gasteiger charge is 2.33. The van der Waals surface area contributed by atoms with Crippen molar-refractivity contribution in [1.82, 2.24) is 0 Å². The fraction of sp³-hybridized carbons (Fsp3) is 0.158. The summed E-state index contributed by atoms with van der Waals surface area (Å²) in [6.45, 7) is 1.11. The number of carboxylic acid groups (broad SMARTS) is 1. The van der Waals surface area contributed by atoms with Crippen molar-refractivity contribution in [3.05, 3.63) is 71.2 Å². The Morgan fingerprint density at radius 1 is 1.15 bits per heavy atom. The molecule has 0 bridgehead atoms. The molecule has 0 heterocycles. The minimum absolute atomic E-state index is 0.0350. The third-order valence-corrected chi connectivity index (χ3v) is 3.57. The topological polar surface area (TPSA) is 57.6 Å². The van der Waals surface area contributed by atoms with Crippen LogP contribution < -0.4 is 4.90 Å². The molecule has 142 valence electrons. The van der Waals surface area contributed by atoms with E-state index in [2.05, 4.69) is 0 Å². The molecule has 0 aliphatic carbocycles. The molecule has 2 aromatic carbocycles. The van der Waals surface area contributed by atoms with Gasteiger partial charge in [-0.05, 0) is 48.9 Å². The Morgan fingerprint density at radius 3 is 2.44 bits per heavy atom. The van der Waals surface area contributed by atoms with Crippen LogP contribution in [0.15, 0.2) is 48.7 Å². The maximum absolute atomic E-state index is 13.2. The fourth-order valence-corrected chi connectivity index (χ4v) is 2.38. The molecule has 0 atom stereocenters. The molecule has 0 aromatic heterocycles. The Hall–Kier alpha value is -3.16. The maximum Gasteiger partial charge on any atom is 0.417 e. The summed E-state index contributed by atoms with van der Waals surface area (Å²) in [7, 11) is 0. The molecule has 0 aliphatic rings. The van der Waals surface area contributed by atoms with Crippen molar-refractivity contribution in [1.29, 1.82) is 0 Å². The van der Waals surface area contributed by atoms with Gasteiger partial charge in [0.15, 0.2) is 0 Å². The van der Waals surface area contributed by atoms with Crippen LogP contribution in [-0.2, 0) is 11.0 Å². The summed E-state index contributed by atoms with van der Waals surface area (Å²) < 4.78 is 52.5. The Balaban J connectivity index is 2.44. The first kappa shape index (κ1) is 20.2. The quantitative estimate of drug-likeness (QED) is 0.743. The van der Waals surface area contributed by atoms with Gasteiger partial charge in [-0.15, -0.1) is 0 Å². The van der Waals surface area contributed by atoms with Crippen LogP contribution in [0.4, 0.5) is 23.2 Å². The van der Waals surface area contributed by atoms with Crippen LogP contribution in [0, 0.1) is 5.82 Å². The first-order chi connectivity index (χ1) is 12.6. The Morgan fingerprint density at radius 2 is 1.85 bits per heavy atom. The number of benzene rings is 2. The van der Waals surface area contributed by atoms with E-state index in [1.807, 2.05) is 0 Å². The van der Waals surface area contributed by atoms with E-state index in [0.717, 1.165) is 18.2 Å². The molecule has 0 amide bonds. The van der Waals surface area contributed by atoms with Crippen LogP contribution in [0.5, 0.6) is 0 Å². The largest absolute Gasteiger partial charge is 0.478 e. The standard InChI is InChI=1S/C19H15F4NO3/c1-12(25)11-24(16-4-2-3-14(9-16)18(26)27)8-7-13-5-6-15(20)10-17(13)19(21,22)23/h2-10H,11H2,1H3,(H,26,27). The number of halogens is 4. The lowest BCUT2D eigenvalue weighted by molar-refractivity contribution is -0.137. The zero-order chi connectivity index (χ0) is 20.2. The maximum atomic E-state index is 13.2. The number of anilines is 1. The van der Waals surface area contributed by atoms with E-state index in [9.17, 15) is 27.2 Å². The molecule has 0 radical (unpaired) electrons. The Labute approximate surface area is 152 Å². The van der Waals surface area contributed by atoms with Crippen molar-refractivity contribution >= 4 is 23.5 Å². The van der Waals surface area contributed by atoms with Crippen LogP contribution in [0.25, 0.3) is 6.08 Å². The van der Waals surface area contributed by atoms with Gasteiger partial charge in [0.25, 0.3) is 0 Å². The SMILES string of the molecule is CC(=O)CN(C=Cc1ccc(F)cc1C(F)(F)F)c1cccc(C(=O)O)c1. The molecule has 0 saturated heterocycles. The van der Waals surface area contributed by atoms with Crippen LogP contribution in [0.2, 0.25) is 0 Å². The van der Waals surface area contributed by atoms with E-state index in [1.165, 1.54) is 42.3 Å². The summed E-state index contributed by atoms with van der Waals surface area (Å²) in [5.41, 5.74) is -1.16. The highest BCUT2D eigenvalue weighted by molar-refractivity contribution is 5.89. The van der Waals surface area contributed by atoms with E-state index < -0.39 is 23.5 Å². The summed E-state index contributed by atoms with van der Waals surface area (Å²) in [6.07, 6.45) is -2.43. The van der Waals surface area contributed by atoms with Crippen LogP contribution in [-0.4, -0.2) is 23.4 Å². The molecule has 0 saturated carbocycles. The van der Waals surface area contributed by atoms with Gasteiger partial charge in [0.05, 0.1) is 17.7 Å². The number of nitrogens with zero attached hydrogens (tertiary/aromatic N) is 1. The lowest BCUT2D eigenvalue weighted by atomic mass is 10.1. The molecule has 0 fully saturated rings. The zero-order valence-electron chi connectivity index (χ0n) is 14.1. The van der Waals surface area contributed by atoms with Crippen molar-refractivity contribution in [2.45, 2.75) is 13.1 Å². The number of aromatic carboxylic acids is 1. The second kappa shape index (κ2) is 8.03. The van der Waals surface area contributed by atoms with Gasteiger partial charge in [0, 0.05) is 11.9 Å². The molecule has 4 nitrogen and oxygen atoms in total. The normalized spacial score (nSPS) is 11.6. The third kappa shape index (κ3) is 5.40. The summed E-state index contributed by atoms with van der Waals surface area (Å²) in [4.78, 5) is 23.9. The molecule has 27 heavy (non-hydrogen) atoms. The summed E-state index contributed by atoms with van der Waals surface area (Å²) in [5, 5.41) is 9.07. The second-order valence-electron chi connectivity index (χ2n) is 5.73. The minimum atomic E-state index is -4.75. The van der Waals surface area contributed by atoms with Gasteiger partial charge in [0.2, 0.25) is 0 Å². The first-order valence-corrected chi connectivity index (χ1v) is 7.72. The average molecular weight is 381 g/mol. The van der Waals surface area contributed by atoms with E-state index in [0.29, 0.717) is 11.8 Å². The number of carboxylic acids is 1. The molecular formula is C19H15F4NO3. The number of carbonyl (C=O) groups excluding carboxylic acids is 1. The van der Waals surface area contributed by atoms with Crippen LogP contribution in [0.1, 0.15) is 28.4 Å². The molecule has 0 aliphatic heterocycles. The average Bonchev–Trinajstić information content (AvgIpc) is 2.58. The molecule has 1 N–H and O–H groups in total. The monoisotopic (exact) mass is 381 g/mol. The number of carbonyl (C=O) groups is 2. The van der Waals surface area contributed by atoms with Crippen LogP contribution >= 0.6 is 0 Å². The van der Waals surface area contributed by atoms with Gasteiger partial charge in [-0.1, -0.05) is 12.1 Å². The van der Waals surface area contributed by atoms with Crippen LogP contribution in [0.3, 0.4) is 0 Å². The van der Waals surface area contributed by atoms with Gasteiger partial charge < -0.3 is 10.0 Å². The summed E-state index contributed by atoms with van der Waals surface area (Å²) in [6, 6.07) is 7.89. The second-order valence-corrected chi connectivity index (χ2v) is 5.73. The number of Topliss-reactive ketones (excluding diaryl/α,β-unsaturated/α-hetero) is 1. The molecule has 2 rings (SSSR count). The van der Waals surface area contributed by atoms with Crippen molar-refractivity contribution < 1.29 is 32.3 Å². The summed E-state index contributed by atoms with van der Waals surface area (Å²) in [5.74, 6) is -2.48. The fourth-order valence-electron chi connectivity index (χ4n) is 2.38. The van der Waals surface area contributed by atoms with E-state index in [4.69, 9.17) is 5.11 Å². The minimum Gasteiger partial charge on any atom is -0.478 e. The van der Waals surface area contributed by atoms with Gasteiger partial charge >= 0.3 is 12.1 Å². The van der Waals surface area contributed by atoms with Crippen molar-refractivity contribution in [3.63, 3.8) is 0 Å². The number of hydrogen-bond donors (Lipinski definition) is 1. The zero-order valence-corrected chi connectivity index (χ0v) is 14.1. The highest BCUT2D eigenvalue weighted by atomic mass is 19.4. The molecule has 0 spiro atoms. The number of ketones is 1. The van der Waals surface area contributed by atoms with E-state index in [1.54, 1.807) is 0 Å². The van der Waals surface area contributed by atoms with Gasteiger partial charge in [-0.25, -0.2) is 9.18 Å². The lowest BCUT2D eigenvalue weighted by Gasteiger charge is -2.20. The molecule has 8 heteroatoms. The van der Waals surface area contributed by atoms with Gasteiger partial charge in [-0.3, -0.25) is 4.79 Å². The van der Waals surface area contributed by atoms with E-state index in [-0.39, 0.29) is 23.5 Å². The molecule has 2 aromatic rings. The predicted molar refractivity (Wildman–Crippen MR) is 91.9 cm³/mol. The third-order valence-electron chi connectivity index (χ3n) is 3.57.